The minimum absolute atomic E-state index is 0.260. The number of nitrogens with zero attached hydrogens (tertiary/aromatic N) is 2. The Morgan fingerprint density at radius 2 is 1.48 bits per heavy atom. The topological polar surface area (TPSA) is 76.2 Å². The van der Waals surface area contributed by atoms with Gasteiger partial charge in [0.25, 0.3) is 0 Å². The van der Waals surface area contributed by atoms with Crippen molar-refractivity contribution in [1.82, 2.24) is 10.1 Å². The number of carboxylic acids is 1. The van der Waals surface area contributed by atoms with Crippen LogP contribution < -0.4 is 0 Å². The van der Waals surface area contributed by atoms with E-state index in [1.807, 2.05) is 60.7 Å². The van der Waals surface area contributed by atoms with Crippen LogP contribution in [0, 0.1) is 0 Å². The monoisotopic (exact) mass is 280 g/mol. The molecule has 0 bridgehead atoms. The maximum Gasteiger partial charge on any atom is 0.394 e. The normalized spacial score (nSPS) is 10.7. The molecule has 0 fully saturated rings. The van der Waals surface area contributed by atoms with Crippen molar-refractivity contribution < 1.29 is 14.4 Å². The van der Waals surface area contributed by atoms with Crippen molar-refractivity contribution in [3.8, 4) is 0 Å². The zero-order chi connectivity index (χ0) is 14.7. The van der Waals surface area contributed by atoms with Crippen molar-refractivity contribution >= 4 is 5.97 Å². The number of hydrogen-bond donors (Lipinski definition) is 1. The first-order chi connectivity index (χ1) is 10.3. The van der Waals surface area contributed by atoms with Gasteiger partial charge in [0.15, 0.2) is 5.82 Å². The summed E-state index contributed by atoms with van der Waals surface area (Å²) in [5, 5.41) is 12.7. The van der Waals surface area contributed by atoms with E-state index in [9.17, 15) is 4.79 Å². The van der Waals surface area contributed by atoms with Gasteiger partial charge < -0.3 is 9.63 Å². The lowest BCUT2D eigenvalue weighted by Crippen LogP contribution is -2.06. The number of benzene rings is 2. The van der Waals surface area contributed by atoms with Gasteiger partial charge in [0, 0.05) is 0 Å². The molecule has 1 aromatic heterocycles. The van der Waals surface area contributed by atoms with Crippen LogP contribution >= 0.6 is 0 Å². The summed E-state index contributed by atoms with van der Waals surface area (Å²) in [6.45, 7) is 0. The molecule has 0 aliphatic rings. The lowest BCUT2D eigenvalue weighted by Gasteiger charge is -2.13. The summed E-state index contributed by atoms with van der Waals surface area (Å²) in [6.07, 6.45) is 0. The Morgan fingerprint density at radius 1 is 0.952 bits per heavy atom. The standard InChI is InChI=1S/C16H12N2O3/c19-16(20)15-17-14(18-21-15)13(11-7-3-1-4-8-11)12-9-5-2-6-10-12/h1-10,13H,(H,19,20). The summed E-state index contributed by atoms with van der Waals surface area (Å²) in [5.74, 6) is -1.55. The molecule has 1 heterocycles. The summed E-state index contributed by atoms with van der Waals surface area (Å²) < 4.78 is 4.79. The minimum Gasteiger partial charge on any atom is -0.474 e. The molecule has 5 nitrogen and oxygen atoms in total. The fourth-order valence-corrected chi connectivity index (χ4v) is 2.22. The minimum atomic E-state index is -1.23. The Labute approximate surface area is 120 Å². The number of carbonyl (C=O) groups is 1. The quantitative estimate of drug-likeness (QED) is 0.795. The van der Waals surface area contributed by atoms with Gasteiger partial charge in [0.05, 0.1) is 5.92 Å². The first-order valence-corrected chi connectivity index (χ1v) is 6.42. The zero-order valence-electron chi connectivity index (χ0n) is 11.0. The fraction of sp³-hybridized carbons (Fsp3) is 0.0625. The highest BCUT2D eigenvalue weighted by Gasteiger charge is 2.24. The summed E-state index contributed by atoms with van der Waals surface area (Å²) >= 11 is 0. The van der Waals surface area contributed by atoms with Crippen molar-refractivity contribution in [3.63, 3.8) is 0 Å². The molecular weight excluding hydrogens is 268 g/mol. The van der Waals surface area contributed by atoms with Crippen LogP contribution in [0.2, 0.25) is 0 Å². The van der Waals surface area contributed by atoms with E-state index in [1.54, 1.807) is 0 Å². The summed E-state index contributed by atoms with van der Waals surface area (Å²) in [5.41, 5.74) is 1.95. The third kappa shape index (κ3) is 2.67. The van der Waals surface area contributed by atoms with Gasteiger partial charge in [-0.1, -0.05) is 65.8 Å². The van der Waals surface area contributed by atoms with Crippen LogP contribution in [0.1, 0.15) is 33.6 Å². The lowest BCUT2D eigenvalue weighted by atomic mass is 9.91. The average Bonchev–Trinajstić information content (AvgIpc) is 3.00. The Hall–Kier alpha value is -2.95. The summed E-state index contributed by atoms with van der Waals surface area (Å²) in [7, 11) is 0. The predicted octanol–water partition coefficient (Wildman–Crippen LogP) is 2.95. The van der Waals surface area contributed by atoms with E-state index in [0.29, 0.717) is 5.82 Å². The molecule has 0 radical (unpaired) electrons. The van der Waals surface area contributed by atoms with Crippen molar-refractivity contribution in [2.24, 2.45) is 0 Å². The Balaban J connectivity index is 2.10. The molecule has 0 atom stereocenters. The van der Waals surface area contributed by atoms with Crippen LogP contribution in [0.15, 0.2) is 65.2 Å². The van der Waals surface area contributed by atoms with E-state index in [0.717, 1.165) is 11.1 Å². The van der Waals surface area contributed by atoms with Gasteiger partial charge in [0.2, 0.25) is 0 Å². The molecule has 104 valence electrons. The number of aromatic carboxylic acids is 1. The van der Waals surface area contributed by atoms with Crippen LogP contribution in [0.4, 0.5) is 0 Å². The molecule has 2 aromatic carbocycles. The second-order valence-electron chi connectivity index (χ2n) is 4.52. The van der Waals surface area contributed by atoms with E-state index in [1.165, 1.54) is 0 Å². The average molecular weight is 280 g/mol. The van der Waals surface area contributed by atoms with Gasteiger partial charge in [-0.05, 0) is 11.1 Å². The first kappa shape index (κ1) is 13.1. The van der Waals surface area contributed by atoms with Gasteiger partial charge in [-0.3, -0.25) is 0 Å². The van der Waals surface area contributed by atoms with Crippen LogP contribution in [0.5, 0.6) is 0 Å². The molecule has 0 amide bonds. The van der Waals surface area contributed by atoms with Crippen molar-refractivity contribution in [2.45, 2.75) is 5.92 Å². The molecule has 0 spiro atoms. The van der Waals surface area contributed by atoms with E-state index in [-0.39, 0.29) is 5.92 Å². The molecule has 3 aromatic rings. The highest BCUT2D eigenvalue weighted by atomic mass is 16.5. The van der Waals surface area contributed by atoms with E-state index < -0.39 is 11.9 Å². The highest BCUT2D eigenvalue weighted by Crippen LogP contribution is 2.29. The van der Waals surface area contributed by atoms with Gasteiger partial charge in [0.1, 0.15) is 0 Å². The van der Waals surface area contributed by atoms with Crippen LogP contribution in [-0.2, 0) is 0 Å². The summed E-state index contributed by atoms with van der Waals surface area (Å²) in [4.78, 5) is 14.9. The number of carboxylic acid groups (broad SMARTS) is 1. The fourth-order valence-electron chi connectivity index (χ4n) is 2.22. The molecule has 0 unspecified atom stereocenters. The third-order valence-corrected chi connectivity index (χ3v) is 3.15. The highest BCUT2D eigenvalue weighted by molar-refractivity contribution is 5.81. The second kappa shape index (κ2) is 5.58. The third-order valence-electron chi connectivity index (χ3n) is 3.15. The second-order valence-corrected chi connectivity index (χ2v) is 4.52. The number of aromatic nitrogens is 2. The van der Waals surface area contributed by atoms with Crippen molar-refractivity contribution in [2.75, 3.05) is 0 Å². The predicted molar refractivity (Wildman–Crippen MR) is 75.1 cm³/mol. The van der Waals surface area contributed by atoms with Crippen LogP contribution in [0.3, 0.4) is 0 Å². The Morgan fingerprint density at radius 3 is 1.90 bits per heavy atom. The summed E-state index contributed by atoms with van der Waals surface area (Å²) in [6, 6.07) is 19.3. The maximum atomic E-state index is 10.9. The molecule has 0 aliphatic heterocycles. The van der Waals surface area contributed by atoms with Crippen LogP contribution in [0.25, 0.3) is 0 Å². The molecule has 21 heavy (non-hydrogen) atoms. The van der Waals surface area contributed by atoms with Crippen molar-refractivity contribution in [3.05, 3.63) is 83.5 Å². The molecule has 1 N–H and O–H groups in total. The molecule has 0 saturated heterocycles. The largest absolute Gasteiger partial charge is 0.474 e. The molecule has 0 aliphatic carbocycles. The number of rotatable bonds is 4. The van der Waals surface area contributed by atoms with Gasteiger partial charge in [-0.25, -0.2) is 4.79 Å². The smallest absolute Gasteiger partial charge is 0.394 e. The number of hydrogen-bond acceptors (Lipinski definition) is 4. The lowest BCUT2D eigenvalue weighted by molar-refractivity contribution is 0.0643. The van der Waals surface area contributed by atoms with E-state index in [2.05, 4.69) is 10.1 Å². The molecular formula is C16H12N2O3. The van der Waals surface area contributed by atoms with E-state index >= 15 is 0 Å². The maximum absolute atomic E-state index is 10.9. The van der Waals surface area contributed by atoms with Crippen LogP contribution in [-0.4, -0.2) is 21.2 Å². The zero-order valence-corrected chi connectivity index (χ0v) is 11.0. The molecule has 0 saturated carbocycles. The van der Waals surface area contributed by atoms with Crippen molar-refractivity contribution in [1.29, 1.82) is 0 Å². The Kier molecular flexibility index (Phi) is 3.47. The molecule has 3 rings (SSSR count). The van der Waals surface area contributed by atoms with E-state index in [4.69, 9.17) is 9.63 Å². The Bertz CT molecular complexity index is 699. The SMILES string of the molecule is O=C(O)c1nc(C(c2ccccc2)c2ccccc2)no1. The van der Waals surface area contributed by atoms with Gasteiger partial charge in [-0.15, -0.1) is 0 Å². The first-order valence-electron chi connectivity index (χ1n) is 6.42. The van der Waals surface area contributed by atoms with Gasteiger partial charge >= 0.3 is 11.9 Å². The molecule has 5 heteroatoms. The van der Waals surface area contributed by atoms with Gasteiger partial charge in [-0.2, -0.15) is 4.98 Å².